The van der Waals surface area contributed by atoms with Gasteiger partial charge in [0, 0.05) is 25.0 Å². The van der Waals surface area contributed by atoms with Crippen LogP contribution in [0.5, 0.6) is 0 Å². The third-order valence-corrected chi connectivity index (χ3v) is 2.29. The number of rotatable bonds is 3. The van der Waals surface area contributed by atoms with Crippen LogP contribution >= 0.6 is 0 Å². The summed E-state index contributed by atoms with van der Waals surface area (Å²) < 4.78 is 0. The maximum absolute atomic E-state index is 12.3. The number of nitrogens with zero attached hydrogens (tertiary/aromatic N) is 3. The Balaban J connectivity index is 2.89. The predicted octanol–water partition coefficient (Wildman–Crippen LogP) is 2.37. The van der Waals surface area contributed by atoms with Gasteiger partial charge in [0.05, 0.1) is 0 Å². The second-order valence-corrected chi connectivity index (χ2v) is 5.66. The van der Waals surface area contributed by atoms with E-state index in [-0.39, 0.29) is 23.2 Å². The van der Waals surface area contributed by atoms with Crippen LogP contribution in [0.1, 0.15) is 45.2 Å². The zero-order valence-electron chi connectivity index (χ0n) is 11.3. The van der Waals surface area contributed by atoms with Crippen molar-refractivity contribution in [1.29, 1.82) is 0 Å². The Morgan fingerprint density at radius 3 is 2.24 bits per heavy atom. The number of hydrogen-bond acceptors (Lipinski definition) is 3. The molecule has 0 bridgehead atoms. The van der Waals surface area contributed by atoms with E-state index in [2.05, 4.69) is 30.7 Å². The molecule has 1 heterocycles. The Morgan fingerprint density at radius 1 is 1.29 bits per heavy atom. The minimum absolute atomic E-state index is 0.0642. The lowest BCUT2D eigenvalue weighted by Gasteiger charge is -2.32. The fourth-order valence-electron chi connectivity index (χ4n) is 1.54. The van der Waals surface area contributed by atoms with E-state index >= 15 is 0 Å². The molecule has 94 valence electrons. The van der Waals surface area contributed by atoms with Crippen molar-refractivity contribution in [2.75, 3.05) is 6.54 Å². The molecule has 0 aliphatic heterocycles. The van der Waals surface area contributed by atoms with Gasteiger partial charge in [-0.25, -0.2) is 9.97 Å². The summed E-state index contributed by atoms with van der Waals surface area (Å²) in [6, 6.07) is 1.85. The van der Waals surface area contributed by atoms with Gasteiger partial charge in [0.2, 0.25) is 5.82 Å². The Kier molecular flexibility index (Phi) is 4.21. The fraction of sp³-hybridized carbons (Fsp3) is 0.615. The van der Waals surface area contributed by atoms with Crippen molar-refractivity contribution in [1.82, 2.24) is 14.9 Å². The summed E-state index contributed by atoms with van der Waals surface area (Å²) in [5, 5.41) is 0. The summed E-state index contributed by atoms with van der Waals surface area (Å²) in [5.41, 5.74) is 0.0642. The Morgan fingerprint density at radius 2 is 1.82 bits per heavy atom. The standard InChI is InChI=1S/C13H21N3O/c1-10(2)16(9-13(3,4)5)12(17)11-14-7-6-8-15-11/h6-8,10H,9H2,1-5H3. The molecule has 0 atom stereocenters. The summed E-state index contributed by atoms with van der Waals surface area (Å²) in [7, 11) is 0. The van der Waals surface area contributed by atoms with Crippen LogP contribution in [0.15, 0.2) is 18.5 Å². The maximum Gasteiger partial charge on any atom is 0.291 e. The van der Waals surface area contributed by atoms with Gasteiger partial charge in [0.25, 0.3) is 5.91 Å². The lowest BCUT2D eigenvalue weighted by molar-refractivity contribution is 0.0619. The summed E-state index contributed by atoms with van der Waals surface area (Å²) in [6.45, 7) is 11.0. The number of carbonyl (C=O) groups excluding carboxylic acids is 1. The number of hydrogen-bond donors (Lipinski definition) is 0. The highest BCUT2D eigenvalue weighted by atomic mass is 16.2. The fourth-order valence-corrected chi connectivity index (χ4v) is 1.54. The summed E-state index contributed by atoms with van der Waals surface area (Å²) in [6.07, 6.45) is 3.19. The number of amides is 1. The Hall–Kier alpha value is -1.45. The molecule has 0 radical (unpaired) electrons. The first kappa shape index (κ1) is 13.6. The van der Waals surface area contributed by atoms with Crippen molar-refractivity contribution in [3.05, 3.63) is 24.3 Å². The van der Waals surface area contributed by atoms with E-state index in [4.69, 9.17) is 0 Å². The lowest BCUT2D eigenvalue weighted by atomic mass is 9.95. The van der Waals surface area contributed by atoms with Crippen molar-refractivity contribution in [2.45, 2.75) is 40.7 Å². The monoisotopic (exact) mass is 235 g/mol. The van der Waals surface area contributed by atoms with Crippen LogP contribution in [-0.2, 0) is 0 Å². The normalized spacial score (nSPS) is 11.6. The molecule has 4 heteroatoms. The van der Waals surface area contributed by atoms with E-state index in [0.717, 1.165) is 0 Å². The average Bonchev–Trinajstić information content (AvgIpc) is 2.25. The molecule has 0 spiro atoms. The zero-order chi connectivity index (χ0) is 13.1. The van der Waals surface area contributed by atoms with Crippen LogP contribution in [0.2, 0.25) is 0 Å². The van der Waals surface area contributed by atoms with Crippen molar-refractivity contribution >= 4 is 5.91 Å². The van der Waals surface area contributed by atoms with Gasteiger partial charge in [-0.15, -0.1) is 0 Å². The molecule has 0 saturated heterocycles. The molecule has 17 heavy (non-hydrogen) atoms. The number of aromatic nitrogens is 2. The van der Waals surface area contributed by atoms with Crippen LogP contribution in [0.25, 0.3) is 0 Å². The Bertz CT molecular complexity index is 368. The molecule has 0 unspecified atom stereocenters. The van der Waals surface area contributed by atoms with Gasteiger partial charge in [-0.05, 0) is 25.3 Å². The van der Waals surface area contributed by atoms with Crippen molar-refractivity contribution in [3.8, 4) is 0 Å². The highest BCUT2D eigenvalue weighted by Gasteiger charge is 2.25. The second kappa shape index (κ2) is 5.25. The molecule has 1 aromatic rings. The first-order valence-electron chi connectivity index (χ1n) is 5.89. The Labute approximate surface area is 103 Å². The highest BCUT2D eigenvalue weighted by Crippen LogP contribution is 2.18. The molecule has 0 aliphatic carbocycles. The molecule has 1 amide bonds. The third-order valence-electron chi connectivity index (χ3n) is 2.29. The summed E-state index contributed by atoms with van der Waals surface area (Å²) in [5.74, 6) is 0.168. The molecule has 0 fully saturated rings. The summed E-state index contributed by atoms with van der Waals surface area (Å²) >= 11 is 0. The smallest absolute Gasteiger partial charge is 0.291 e. The van der Waals surface area contributed by atoms with Crippen molar-refractivity contribution in [3.63, 3.8) is 0 Å². The molecule has 0 aliphatic rings. The van der Waals surface area contributed by atoms with E-state index in [0.29, 0.717) is 6.54 Å². The topological polar surface area (TPSA) is 46.1 Å². The largest absolute Gasteiger partial charge is 0.333 e. The third kappa shape index (κ3) is 4.13. The van der Waals surface area contributed by atoms with Gasteiger partial charge in [0.15, 0.2) is 0 Å². The molecule has 0 saturated carbocycles. The average molecular weight is 235 g/mol. The van der Waals surface area contributed by atoms with E-state index < -0.39 is 0 Å². The first-order valence-corrected chi connectivity index (χ1v) is 5.89. The minimum Gasteiger partial charge on any atom is -0.333 e. The van der Waals surface area contributed by atoms with Gasteiger partial charge in [-0.3, -0.25) is 4.79 Å². The van der Waals surface area contributed by atoms with Gasteiger partial charge in [-0.2, -0.15) is 0 Å². The summed E-state index contributed by atoms with van der Waals surface area (Å²) in [4.78, 5) is 22.1. The van der Waals surface area contributed by atoms with Gasteiger partial charge in [-0.1, -0.05) is 20.8 Å². The molecule has 1 rings (SSSR count). The molecule has 0 aromatic carbocycles. The van der Waals surface area contributed by atoms with Crippen LogP contribution in [0, 0.1) is 5.41 Å². The van der Waals surface area contributed by atoms with Gasteiger partial charge < -0.3 is 4.90 Å². The zero-order valence-corrected chi connectivity index (χ0v) is 11.3. The number of carbonyl (C=O) groups is 1. The predicted molar refractivity (Wildman–Crippen MR) is 67.7 cm³/mol. The molecule has 4 nitrogen and oxygen atoms in total. The molecular weight excluding hydrogens is 214 g/mol. The van der Waals surface area contributed by atoms with Gasteiger partial charge in [0.1, 0.15) is 0 Å². The molecule has 0 N–H and O–H groups in total. The quantitative estimate of drug-likeness (QED) is 0.808. The highest BCUT2D eigenvalue weighted by molar-refractivity contribution is 5.90. The van der Waals surface area contributed by atoms with Crippen LogP contribution in [0.4, 0.5) is 0 Å². The van der Waals surface area contributed by atoms with E-state index in [1.165, 1.54) is 0 Å². The molecule has 1 aromatic heterocycles. The lowest BCUT2D eigenvalue weighted by Crippen LogP contribution is -2.42. The van der Waals surface area contributed by atoms with E-state index in [1.807, 2.05) is 18.7 Å². The molecular formula is C13H21N3O. The first-order chi connectivity index (χ1) is 7.81. The van der Waals surface area contributed by atoms with Crippen LogP contribution in [-0.4, -0.2) is 33.4 Å². The minimum atomic E-state index is -0.101. The van der Waals surface area contributed by atoms with Crippen LogP contribution < -0.4 is 0 Å². The van der Waals surface area contributed by atoms with Crippen molar-refractivity contribution < 1.29 is 4.79 Å². The van der Waals surface area contributed by atoms with E-state index in [1.54, 1.807) is 18.5 Å². The van der Waals surface area contributed by atoms with E-state index in [9.17, 15) is 4.79 Å². The second-order valence-electron chi connectivity index (χ2n) is 5.66. The maximum atomic E-state index is 12.3. The van der Waals surface area contributed by atoms with Gasteiger partial charge >= 0.3 is 0 Å². The van der Waals surface area contributed by atoms with Crippen LogP contribution in [0.3, 0.4) is 0 Å². The SMILES string of the molecule is CC(C)N(CC(C)(C)C)C(=O)c1ncccn1. The van der Waals surface area contributed by atoms with Crippen molar-refractivity contribution in [2.24, 2.45) is 5.41 Å².